The summed E-state index contributed by atoms with van der Waals surface area (Å²) in [7, 11) is 1.58. The number of hydrogen-bond donors (Lipinski definition) is 2. The normalized spacial score (nSPS) is 10.6. The first-order chi connectivity index (χ1) is 8.67. The van der Waals surface area contributed by atoms with Crippen LogP contribution < -0.4 is 10.5 Å². The fraction of sp³-hybridized carbons (Fsp3) is 0.250. The maximum Gasteiger partial charge on any atom is 0.128 e. The van der Waals surface area contributed by atoms with E-state index in [2.05, 4.69) is 5.10 Å². The number of aliphatic hydroxyl groups is 1. The highest BCUT2D eigenvalue weighted by atomic mass is 35.5. The number of aliphatic hydroxyl groups excluding tert-OH is 1. The fourth-order valence-electron chi connectivity index (χ4n) is 1.82. The Bertz CT molecular complexity index is 554. The number of aromatic nitrogens is 2. The largest absolute Gasteiger partial charge is 0.496 e. The van der Waals surface area contributed by atoms with E-state index < -0.39 is 0 Å². The van der Waals surface area contributed by atoms with Gasteiger partial charge in [-0.1, -0.05) is 11.6 Å². The third-order valence-corrected chi connectivity index (χ3v) is 2.83. The number of rotatable bonds is 4. The van der Waals surface area contributed by atoms with Gasteiger partial charge in [-0.25, -0.2) is 0 Å². The number of methoxy groups -OCH3 is 1. The van der Waals surface area contributed by atoms with Crippen LogP contribution in [0.3, 0.4) is 0 Å². The van der Waals surface area contributed by atoms with Crippen molar-refractivity contribution in [3.8, 4) is 17.0 Å². The first kappa shape index (κ1) is 12.7. The molecule has 0 saturated carbocycles. The summed E-state index contributed by atoms with van der Waals surface area (Å²) in [6, 6.07) is 5.28. The van der Waals surface area contributed by atoms with Gasteiger partial charge in [-0.15, -0.1) is 0 Å². The zero-order chi connectivity index (χ0) is 13.1. The molecule has 0 aliphatic rings. The van der Waals surface area contributed by atoms with Crippen LogP contribution in [0.4, 0.5) is 5.69 Å². The summed E-state index contributed by atoms with van der Waals surface area (Å²) < 4.78 is 6.92. The van der Waals surface area contributed by atoms with Crippen LogP contribution in [-0.2, 0) is 6.54 Å². The van der Waals surface area contributed by atoms with Crippen LogP contribution in [0.5, 0.6) is 5.75 Å². The summed E-state index contributed by atoms with van der Waals surface area (Å²) in [5.74, 6) is 0.658. The standard InChI is InChI=1S/C12H14ClN3O2/c1-18-11-3-2-8(13)6-9(11)12-10(14)7-15-16(12)4-5-17/h2-3,6-7,17H,4-5,14H2,1H3. The molecule has 0 saturated heterocycles. The minimum Gasteiger partial charge on any atom is -0.496 e. The molecule has 2 aromatic rings. The van der Waals surface area contributed by atoms with Crippen LogP contribution in [0.2, 0.25) is 5.02 Å². The molecule has 6 heteroatoms. The van der Waals surface area contributed by atoms with Crippen molar-refractivity contribution in [2.45, 2.75) is 6.54 Å². The second kappa shape index (κ2) is 5.29. The average molecular weight is 268 g/mol. The van der Waals surface area contributed by atoms with Crippen molar-refractivity contribution < 1.29 is 9.84 Å². The van der Waals surface area contributed by atoms with Crippen molar-refractivity contribution in [3.05, 3.63) is 29.4 Å². The number of nitrogens with two attached hydrogens (primary N) is 1. The maximum absolute atomic E-state index is 9.02. The first-order valence-corrected chi connectivity index (χ1v) is 5.81. The Labute approximate surface area is 110 Å². The molecule has 1 heterocycles. The third-order valence-electron chi connectivity index (χ3n) is 2.60. The second-order valence-corrected chi connectivity index (χ2v) is 4.18. The summed E-state index contributed by atoms with van der Waals surface area (Å²) in [5.41, 5.74) is 7.89. The van der Waals surface area contributed by atoms with Crippen LogP contribution in [0, 0.1) is 0 Å². The number of nitrogen functional groups attached to an aromatic ring is 1. The van der Waals surface area contributed by atoms with Crippen molar-refractivity contribution >= 4 is 17.3 Å². The number of nitrogens with zero attached hydrogens (tertiary/aromatic N) is 2. The summed E-state index contributed by atoms with van der Waals surface area (Å²) in [6.07, 6.45) is 1.55. The van der Waals surface area contributed by atoms with Gasteiger partial charge in [0.1, 0.15) is 5.75 Å². The SMILES string of the molecule is COc1ccc(Cl)cc1-c1c(N)cnn1CCO. The molecule has 0 atom stereocenters. The van der Waals surface area contributed by atoms with E-state index in [0.29, 0.717) is 28.7 Å². The zero-order valence-corrected chi connectivity index (χ0v) is 10.7. The molecule has 5 nitrogen and oxygen atoms in total. The van der Waals surface area contributed by atoms with E-state index in [1.165, 1.54) is 0 Å². The number of benzene rings is 1. The van der Waals surface area contributed by atoms with Gasteiger partial charge < -0.3 is 15.6 Å². The minimum atomic E-state index is -0.0169. The van der Waals surface area contributed by atoms with E-state index in [1.54, 1.807) is 36.2 Å². The predicted octanol–water partition coefficient (Wildman–Crippen LogP) is 1.79. The molecule has 0 aliphatic carbocycles. The number of ether oxygens (including phenoxy) is 1. The number of hydrogen-bond acceptors (Lipinski definition) is 4. The first-order valence-electron chi connectivity index (χ1n) is 5.43. The molecule has 96 valence electrons. The maximum atomic E-state index is 9.02. The Morgan fingerprint density at radius 2 is 2.28 bits per heavy atom. The molecule has 2 rings (SSSR count). The van der Waals surface area contributed by atoms with E-state index in [4.69, 9.17) is 27.2 Å². The molecule has 0 aliphatic heterocycles. The molecule has 1 aromatic carbocycles. The van der Waals surface area contributed by atoms with Crippen molar-refractivity contribution in [1.29, 1.82) is 0 Å². The summed E-state index contributed by atoms with van der Waals surface area (Å²) in [6.45, 7) is 0.346. The summed E-state index contributed by atoms with van der Waals surface area (Å²) in [5, 5.41) is 13.7. The topological polar surface area (TPSA) is 73.3 Å². The van der Waals surface area contributed by atoms with Crippen LogP contribution in [-0.4, -0.2) is 28.6 Å². The van der Waals surface area contributed by atoms with E-state index in [0.717, 1.165) is 5.56 Å². The Morgan fingerprint density at radius 3 is 2.94 bits per heavy atom. The average Bonchev–Trinajstić information content (AvgIpc) is 2.71. The quantitative estimate of drug-likeness (QED) is 0.886. The molecule has 0 spiro atoms. The van der Waals surface area contributed by atoms with Gasteiger partial charge >= 0.3 is 0 Å². The smallest absolute Gasteiger partial charge is 0.128 e. The Balaban J connectivity index is 2.60. The van der Waals surface area contributed by atoms with Crippen molar-refractivity contribution in [1.82, 2.24) is 9.78 Å². The molecule has 1 aromatic heterocycles. The molecule has 0 fully saturated rings. The van der Waals surface area contributed by atoms with Gasteiger partial charge in [-0.3, -0.25) is 4.68 Å². The molecule has 3 N–H and O–H groups in total. The fourth-order valence-corrected chi connectivity index (χ4v) is 2.00. The highest BCUT2D eigenvalue weighted by molar-refractivity contribution is 6.31. The Morgan fingerprint density at radius 1 is 1.50 bits per heavy atom. The summed E-state index contributed by atoms with van der Waals surface area (Å²) in [4.78, 5) is 0. The van der Waals surface area contributed by atoms with E-state index >= 15 is 0 Å². The zero-order valence-electron chi connectivity index (χ0n) is 9.93. The molecule has 0 unspecified atom stereocenters. The highest BCUT2D eigenvalue weighted by Gasteiger charge is 2.15. The molecular weight excluding hydrogens is 254 g/mol. The Kier molecular flexibility index (Phi) is 3.74. The van der Waals surface area contributed by atoms with Gasteiger partial charge in [0, 0.05) is 10.6 Å². The lowest BCUT2D eigenvalue weighted by Crippen LogP contribution is -2.06. The van der Waals surface area contributed by atoms with Gasteiger partial charge in [0.15, 0.2) is 0 Å². The predicted molar refractivity (Wildman–Crippen MR) is 70.7 cm³/mol. The molecule has 0 bridgehead atoms. The van der Waals surface area contributed by atoms with Gasteiger partial charge in [-0.2, -0.15) is 5.10 Å². The van der Waals surface area contributed by atoms with Crippen LogP contribution in [0.1, 0.15) is 0 Å². The number of anilines is 1. The monoisotopic (exact) mass is 267 g/mol. The van der Waals surface area contributed by atoms with Crippen molar-refractivity contribution in [2.24, 2.45) is 0 Å². The lowest BCUT2D eigenvalue weighted by atomic mass is 10.1. The van der Waals surface area contributed by atoms with Crippen molar-refractivity contribution in [3.63, 3.8) is 0 Å². The van der Waals surface area contributed by atoms with Gasteiger partial charge in [0.2, 0.25) is 0 Å². The van der Waals surface area contributed by atoms with Crippen LogP contribution >= 0.6 is 11.6 Å². The van der Waals surface area contributed by atoms with Gasteiger partial charge in [-0.05, 0) is 18.2 Å². The lowest BCUT2D eigenvalue weighted by Gasteiger charge is -2.11. The third kappa shape index (κ3) is 2.27. The highest BCUT2D eigenvalue weighted by Crippen LogP contribution is 2.35. The number of halogens is 1. The Hall–Kier alpha value is -1.72. The lowest BCUT2D eigenvalue weighted by molar-refractivity contribution is 0.270. The van der Waals surface area contributed by atoms with E-state index in [-0.39, 0.29) is 6.61 Å². The van der Waals surface area contributed by atoms with Crippen LogP contribution in [0.15, 0.2) is 24.4 Å². The van der Waals surface area contributed by atoms with E-state index in [1.807, 2.05) is 0 Å². The minimum absolute atomic E-state index is 0.0169. The van der Waals surface area contributed by atoms with E-state index in [9.17, 15) is 0 Å². The molecule has 0 amide bonds. The van der Waals surface area contributed by atoms with Gasteiger partial charge in [0.25, 0.3) is 0 Å². The van der Waals surface area contributed by atoms with Crippen molar-refractivity contribution in [2.75, 3.05) is 19.5 Å². The second-order valence-electron chi connectivity index (χ2n) is 3.74. The molecule has 18 heavy (non-hydrogen) atoms. The molecule has 0 radical (unpaired) electrons. The molecular formula is C12H14ClN3O2. The summed E-state index contributed by atoms with van der Waals surface area (Å²) >= 11 is 6.00. The van der Waals surface area contributed by atoms with Crippen LogP contribution in [0.25, 0.3) is 11.3 Å². The van der Waals surface area contributed by atoms with Gasteiger partial charge in [0.05, 0.1) is 37.8 Å².